The summed E-state index contributed by atoms with van der Waals surface area (Å²) in [5.41, 5.74) is 0. The van der Waals surface area contributed by atoms with Gasteiger partial charge in [-0.1, -0.05) is 0 Å². The van der Waals surface area contributed by atoms with Crippen LogP contribution < -0.4 is 0 Å². The summed E-state index contributed by atoms with van der Waals surface area (Å²) in [4.78, 5) is 0. The lowest BCUT2D eigenvalue weighted by Gasteiger charge is -1.85. The van der Waals surface area contributed by atoms with Crippen LogP contribution in [0.3, 0.4) is 0 Å². The number of thioether (sulfide) groups is 2. The van der Waals surface area contributed by atoms with Crippen LogP contribution in [-0.2, 0) is 9.84 Å². The van der Waals surface area contributed by atoms with Crippen molar-refractivity contribution in [1.82, 2.24) is 0 Å². The van der Waals surface area contributed by atoms with Crippen molar-refractivity contribution in [2.24, 2.45) is 0 Å². The molecule has 0 saturated carbocycles. The summed E-state index contributed by atoms with van der Waals surface area (Å²) >= 11 is 2.72. The van der Waals surface area contributed by atoms with Crippen molar-refractivity contribution in [2.45, 2.75) is 0 Å². The minimum atomic E-state index is -3.11. The van der Waals surface area contributed by atoms with Gasteiger partial charge in [-0.2, -0.15) is 0 Å². The number of rotatable bonds is 4. The maximum atomic E-state index is 10.9. The van der Waals surface area contributed by atoms with E-state index in [9.17, 15) is 8.42 Å². The summed E-state index contributed by atoms with van der Waals surface area (Å²) in [7, 11) is -3.11. The lowest BCUT2D eigenvalue weighted by Crippen LogP contribution is -1.85. The summed E-state index contributed by atoms with van der Waals surface area (Å²) in [6.07, 6.45) is 3.62. The molecular weight excluding hydrogens is 200 g/mol. The van der Waals surface area contributed by atoms with Gasteiger partial charge in [0.1, 0.15) is 0 Å². The fourth-order valence-corrected chi connectivity index (χ4v) is 2.53. The van der Waals surface area contributed by atoms with Crippen molar-refractivity contribution >= 4 is 33.4 Å². The molecular formula is C6H10O2S3. The van der Waals surface area contributed by atoms with Gasteiger partial charge in [0.25, 0.3) is 0 Å². The van der Waals surface area contributed by atoms with Crippen molar-refractivity contribution in [3.63, 3.8) is 0 Å². The van der Waals surface area contributed by atoms with E-state index in [0.29, 0.717) is 0 Å². The Kier molecular flexibility index (Phi) is 5.81. The van der Waals surface area contributed by atoms with Gasteiger partial charge < -0.3 is 0 Å². The molecule has 0 aliphatic rings. The third kappa shape index (κ3) is 6.52. The zero-order valence-electron chi connectivity index (χ0n) is 6.35. The number of hydrogen-bond acceptors (Lipinski definition) is 4. The first-order valence-electron chi connectivity index (χ1n) is 2.76. The van der Waals surface area contributed by atoms with Crippen LogP contribution in [0, 0.1) is 0 Å². The Bertz CT molecular complexity index is 219. The van der Waals surface area contributed by atoms with E-state index in [2.05, 4.69) is 0 Å². The maximum absolute atomic E-state index is 10.9. The number of hydrogen-bond donors (Lipinski definition) is 0. The molecule has 0 heterocycles. The largest absolute Gasteiger partial charge is 0.220 e. The Morgan fingerprint density at radius 1 is 1.00 bits per heavy atom. The summed E-state index contributed by atoms with van der Waals surface area (Å²) in [5, 5.41) is 5.45. The second-order valence-corrected chi connectivity index (χ2v) is 4.81. The highest BCUT2D eigenvalue weighted by Crippen LogP contribution is 2.03. The molecule has 0 rings (SSSR count). The molecule has 2 nitrogen and oxygen atoms in total. The molecule has 0 amide bonds. The molecule has 0 N–H and O–H groups in total. The normalized spacial score (nSPS) is 13.3. The van der Waals surface area contributed by atoms with Crippen LogP contribution >= 0.6 is 23.5 Å². The van der Waals surface area contributed by atoms with Crippen LogP contribution in [0.15, 0.2) is 21.6 Å². The lowest BCUT2D eigenvalue weighted by molar-refractivity contribution is 0.612. The van der Waals surface area contributed by atoms with E-state index >= 15 is 0 Å². The first kappa shape index (κ1) is 11.1. The molecule has 0 aromatic rings. The smallest absolute Gasteiger partial charge is 0.194 e. The van der Waals surface area contributed by atoms with E-state index in [1.807, 2.05) is 12.5 Å². The minimum absolute atomic E-state index is 1.18. The van der Waals surface area contributed by atoms with Crippen LogP contribution in [0.2, 0.25) is 0 Å². The molecule has 0 spiro atoms. The van der Waals surface area contributed by atoms with Gasteiger partial charge in [-0.15, -0.1) is 23.5 Å². The standard InChI is InChI=1S/C6H10O2S3/c1-9-3-5-11(7,8)6-4-10-2/h3-6H,1-2H3/b5-3+,6-4+. The minimum Gasteiger partial charge on any atom is -0.220 e. The van der Waals surface area contributed by atoms with Crippen molar-refractivity contribution in [3.05, 3.63) is 21.6 Å². The molecule has 0 bridgehead atoms. The highest BCUT2D eigenvalue weighted by molar-refractivity contribution is 8.04. The first-order valence-corrected chi connectivity index (χ1v) is 6.94. The Morgan fingerprint density at radius 3 is 1.64 bits per heavy atom. The highest BCUT2D eigenvalue weighted by atomic mass is 32.2. The van der Waals surface area contributed by atoms with Crippen LogP contribution in [0.4, 0.5) is 0 Å². The Morgan fingerprint density at radius 2 is 1.36 bits per heavy atom. The van der Waals surface area contributed by atoms with Crippen molar-refractivity contribution in [2.75, 3.05) is 12.5 Å². The van der Waals surface area contributed by atoms with Crippen molar-refractivity contribution in [1.29, 1.82) is 0 Å². The van der Waals surface area contributed by atoms with E-state index in [1.54, 1.807) is 10.8 Å². The molecule has 11 heavy (non-hydrogen) atoms. The van der Waals surface area contributed by atoms with E-state index in [1.165, 1.54) is 34.3 Å². The van der Waals surface area contributed by atoms with Gasteiger partial charge in [0.2, 0.25) is 0 Å². The zero-order chi connectivity index (χ0) is 8.74. The number of sulfone groups is 1. The third-order valence-corrected chi connectivity index (χ3v) is 2.95. The maximum Gasteiger partial charge on any atom is 0.194 e. The molecule has 0 unspecified atom stereocenters. The van der Waals surface area contributed by atoms with Crippen LogP contribution in [0.5, 0.6) is 0 Å². The monoisotopic (exact) mass is 210 g/mol. The average Bonchev–Trinajstić information content (AvgIpc) is 1.97. The molecule has 0 aromatic carbocycles. The van der Waals surface area contributed by atoms with Crippen molar-refractivity contribution < 1.29 is 8.42 Å². The second kappa shape index (κ2) is 5.74. The van der Waals surface area contributed by atoms with Crippen molar-refractivity contribution in [3.8, 4) is 0 Å². The Labute approximate surface area is 76.1 Å². The van der Waals surface area contributed by atoms with Gasteiger partial charge >= 0.3 is 0 Å². The van der Waals surface area contributed by atoms with E-state index in [4.69, 9.17) is 0 Å². The Balaban J connectivity index is 4.25. The van der Waals surface area contributed by atoms with Gasteiger partial charge in [0.05, 0.1) is 0 Å². The highest BCUT2D eigenvalue weighted by Gasteiger charge is 1.96. The molecule has 0 fully saturated rings. The predicted octanol–water partition coefficient (Wildman–Crippen LogP) is 2.07. The quantitative estimate of drug-likeness (QED) is 0.711. The zero-order valence-corrected chi connectivity index (χ0v) is 8.80. The summed E-state index contributed by atoms with van der Waals surface area (Å²) < 4.78 is 21.9. The van der Waals surface area contributed by atoms with Crippen LogP contribution in [-0.4, -0.2) is 20.9 Å². The SMILES string of the molecule is CS/C=C/S(=O)(=O)/C=C/SC. The lowest BCUT2D eigenvalue weighted by atomic mass is 11.2. The van der Waals surface area contributed by atoms with Gasteiger partial charge in [-0.3, -0.25) is 0 Å². The van der Waals surface area contributed by atoms with E-state index in [0.717, 1.165) is 0 Å². The van der Waals surface area contributed by atoms with Gasteiger partial charge in [0.15, 0.2) is 9.84 Å². The summed E-state index contributed by atoms with van der Waals surface area (Å²) in [6, 6.07) is 0. The summed E-state index contributed by atoms with van der Waals surface area (Å²) in [5.74, 6) is 0. The summed E-state index contributed by atoms with van der Waals surface area (Å²) in [6.45, 7) is 0. The van der Waals surface area contributed by atoms with Gasteiger partial charge in [0, 0.05) is 10.8 Å². The van der Waals surface area contributed by atoms with E-state index < -0.39 is 9.84 Å². The topological polar surface area (TPSA) is 34.1 Å². The van der Waals surface area contributed by atoms with E-state index in [-0.39, 0.29) is 0 Å². The van der Waals surface area contributed by atoms with Crippen LogP contribution in [0.25, 0.3) is 0 Å². The van der Waals surface area contributed by atoms with Gasteiger partial charge in [-0.25, -0.2) is 8.42 Å². The van der Waals surface area contributed by atoms with Crippen LogP contribution in [0.1, 0.15) is 0 Å². The molecule has 0 aliphatic carbocycles. The van der Waals surface area contributed by atoms with Gasteiger partial charge in [-0.05, 0) is 23.3 Å². The fourth-order valence-electron chi connectivity index (χ4n) is 0.311. The first-order chi connectivity index (χ1) is 5.12. The second-order valence-electron chi connectivity index (χ2n) is 1.60. The predicted molar refractivity (Wildman–Crippen MR) is 54.2 cm³/mol. The fraction of sp³-hybridized carbons (Fsp3) is 0.333. The molecule has 0 atom stereocenters. The third-order valence-electron chi connectivity index (χ3n) is 0.763. The average molecular weight is 210 g/mol. The molecule has 64 valence electrons. The Hall–Kier alpha value is 0.130. The molecule has 5 heteroatoms. The molecule has 0 saturated heterocycles. The molecule has 0 radical (unpaired) electrons. The molecule has 0 aliphatic heterocycles. The molecule has 0 aromatic heterocycles.